The minimum atomic E-state index is -0.0514. The molecule has 0 aromatic heterocycles. The molecule has 0 saturated carbocycles. The Balaban J connectivity index is 1.65. The molecule has 1 N–H and O–H groups in total. The maximum atomic E-state index is 12.5. The van der Waals surface area contributed by atoms with E-state index in [4.69, 9.17) is 4.74 Å². The van der Waals surface area contributed by atoms with Gasteiger partial charge in [-0.05, 0) is 48.9 Å². The molecule has 1 heterocycles. The molecule has 2 aromatic rings. The topological polar surface area (TPSA) is 50.7 Å². The van der Waals surface area contributed by atoms with Crippen molar-refractivity contribution in [2.45, 2.75) is 6.42 Å². The Morgan fingerprint density at radius 3 is 2.78 bits per heavy atom. The molecule has 0 fully saturated rings. The number of rotatable bonds is 7. The van der Waals surface area contributed by atoms with E-state index in [1.165, 1.54) is 0 Å². The largest absolute Gasteiger partial charge is 0.489 e. The first-order chi connectivity index (χ1) is 13.3. The van der Waals surface area contributed by atoms with Gasteiger partial charge in [0.05, 0.1) is 0 Å². The van der Waals surface area contributed by atoms with Crippen LogP contribution in [0.2, 0.25) is 0 Å². The lowest BCUT2D eigenvalue weighted by Gasteiger charge is -2.13. The second-order valence-corrected chi connectivity index (χ2v) is 7.01. The highest BCUT2D eigenvalue weighted by Crippen LogP contribution is 2.20. The molecule has 0 radical (unpaired) electrons. The molecular weight excluding hydrogens is 356 g/mol. The summed E-state index contributed by atoms with van der Waals surface area (Å²) in [5.41, 5.74) is 2.43. The van der Waals surface area contributed by atoms with Crippen LogP contribution in [-0.2, 0) is 0 Å². The zero-order valence-corrected chi connectivity index (χ0v) is 15.9. The second kappa shape index (κ2) is 9.78. The Kier molecular flexibility index (Phi) is 6.88. The summed E-state index contributed by atoms with van der Waals surface area (Å²) in [5, 5.41) is 4.23. The molecule has 27 heavy (non-hydrogen) atoms. The number of nitrogens with zero attached hydrogens (tertiary/aromatic N) is 1. The van der Waals surface area contributed by atoms with E-state index in [1.54, 1.807) is 30.0 Å². The number of amidine groups is 1. The Morgan fingerprint density at radius 2 is 2.04 bits per heavy atom. The van der Waals surface area contributed by atoms with Crippen LogP contribution in [0.15, 0.2) is 72.3 Å². The number of nitrogens with one attached hydrogen (secondary N) is 1. The van der Waals surface area contributed by atoms with Crippen molar-refractivity contribution in [3.05, 3.63) is 78.4 Å². The maximum absolute atomic E-state index is 12.5. The third-order valence-electron chi connectivity index (χ3n) is 3.91. The smallest absolute Gasteiger partial charge is 0.185 e. The Hall–Kier alpha value is -2.79. The van der Waals surface area contributed by atoms with Crippen molar-refractivity contribution >= 4 is 34.5 Å². The van der Waals surface area contributed by atoms with Crippen LogP contribution < -0.4 is 10.1 Å². The lowest BCUT2D eigenvalue weighted by molar-refractivity contribution is 0.104. The van der Waals surface area contributed by atoms with Crippen molar-refractivity contribution in [3.8, 4) is 5.75 Å². The summed E-state index contributed by atoms with van der Waals surface area (Å²) in [6, 6.07) is 15.1. The predicted molar refractivity (Wildman–Crippen MR) is 115 cm³/mol. The molecule has 0 saturated heterocycles. The van der Waals surface area contributed by atoms with Crippen LogP contribution >= 0.6 is 11.8 Å². The fourth-order valence-electron chi connectivity index (χ4n) is 2.54. The van der Waals surface area contributed by atoms with Crippen molar-refractivity contribution in [1.82, 2.24) is 0 Å². The summed E-state index contributed by atoms with van der Waals surface area (Å²) in [6.07, 6.45) is 6.16. The molecule has 1 aliphatic rings. The molecule has 4 nitrogen and oxygen atoms in total. The lowest BCUT2D eigenvalue weighted by atomic mass is 10.1. The van der Waals surface area contributed by atoms with Gasteiger partial charge in [-0.15, -0.1) is 0 Å². The van der Waals surface area contributed by atoms with Crippen LogP contribution in [0.4, 0.5) is 5.69 Å². The number of ether oxygens (including phenoxy) is 1. The highest BCUT2D eigenvalue weighted by atomic mass is 32.2. The summed E-state index contributed by atoms with van der Waals surface area (Å²) in [5.74, 6) is 1.77. The van der Waals surface area contributed by atoms with E-state index in [-0.39, 0.29) is 5.78 Å². The quantitative estimate of drug-likeness (QED) is 0.416. The normalized spacial score (nSPS) is 13.9. The van der Waals surface area contributed by atoms with Gasteiger partial charge in [0.1, 0.15) is 12.4 Å². The predicted octanol–water partition coefficient (Wildman–Crippen LogP) is 5.05. The summed E-state index contributed by atoms with van der Waals surface area (Å²) >= 11 is 1.72. The van der Waals surface area contributed by atoms with Gasteiger partial charge < -0.3 is 10.1 Å². The Labute approximate surface area is 164 Å². The first-order valence-electron chi connectivity index (χ1n) is 8.86. The number of benzene rings is 2. The van der Waals surface area contributed by atoms with E-state index in [0.717, 1.165) is 40.9 Å². The van der Waals surface area contributed by atoms with E-state index < -0.39 is 0 Å². The van der Waals surface area contributed by atoms with Crippen LogP contribution in [0.5, 0.6) is 5.75 Å². The third-order valence-corrected chi connectivity index (χ3v) is 4.90. The van der Waals surface area contributed by atoms with Crippen LogP contribution in [0.25, 0.3) is 6.08 Å². The van der Waals surface area contributed by atoms with Gasteiger partial charge in [0.15, 0.2) is 11.0 Å². The number of carbonyl (C=O) groups excluding carboxylic acids is 1. The van der Waals surface area contributed by atoms with Crippen molar-refractivity contribution in [3.63, 3.8) is 0 Å². The lowest BCUT2D eigenvalue weighted by Crippen LogP contribution is -2.13. The monoisotopic (exact) mass is 378 g/mol. The zero-order chi connectivity index (χ0) is 18.9. The number of anilines is 1. The minimum absolute atomic E-state index is 0.0514. The van der Waals surface area contributed by atoms with Gasteiger partial charge >= 0.3 is 0 Å². The van der Waals surface area contributed by atoms with Gasteiger partial charge in [-0.1, -0.05) is 42.6 Å². The van der Waals surface area contributed by atoms with Crippen molar-refractivity contribution < 1.29 is 9.53 Å². The number of hydrogen-bond acceptors (Lipinski definition) is 5. The molecule has 138 valence electrons. The molecule has 0 spiro atoms. The number of aliphatic imine (C=N–C) groups is 1. The molecule has 0 atom stereocenters. The van der Waals surface area contributed by atoms with Crippen LogP contribution in [0, 0.1) is 0 Å². The highest BCUT2D eigenvalue weighted by Gasteiger charge is 2.07. The van der Waals surface area contributed by atoms with Gasteiger partial charge in [-0.2, -0.15) is 0 Å². The summed E-state index contributed by atoms with van der Waals surface area (Å²) in [4.78, 5) is 16.9. The molecule has 0 unspecified atom stereocenters. The van der Waals surface area contributed by atoms with E-state index in [0.29, 0.717) is 12.2 Å². The van der Waals surface area contributed by atoms with Crippen LogP contribution in [0.1, 0.15) is 22.3 Å². The number of para-hydroxylation sites is 1. The van der Waals surface area contributed by atoms with E-state index in [2.05, 4.69) is 16.9 Å². The van der Waals surface area contributed by atoms with Gasteiger partial charge in [-0.3, -0.25) is 9.79 Å². The van der Waals surface area contributed by atoms with E-state index in [1.807, 2.05) is 48.5 Å². The summed E-state index contributed by atoms with van der Waals surface area (Å²) in [7, 11) is 0. The van der Waals surface area contributed by atoms with Crippen LogP contribution in [0.3, 0.4) is 0 Å². The van der Waals surface area contributed by atoms with Gasteiger partial charge in [-0.25, -0.2) is 0 Å². The molecule has 0 bridgehead atoms. The van der Waals surface area contributed by atoms with E-state index >= 15 is 0 Å². The SMILES string of the molecule is C=CCOc1ccccc1/C=C/C(=O)c1ccc(NC2=NCCCS2)cc1. The Morgan fingerprint density at radius 1 is 1.22 bits per heavy atom. The maximum Gasteiger partial charge on any atom is 0.185 e. The molecule has 1 aliphatic heterocycles. The molecule has 3 rings (SSSR count). The number of hydrogen-bond donors (Lipinski definition) is 1. The van der Waals surface area contributed by atoms with Crippen molar-refractivity contribution in [2.75, 3.05) is 24.2 Å². The van der Waals surface area contributed by atoms with Gasteiger partial charge in [0.25, 0.3) is 0 Å². The molecular formula is C22H22N2O2S. The number of allylic oxidation sites excluding steroid dienone is 1. The van der Waals surface area contributed by atoms with Gasteiger partial charge in [0, 0.05) is 29.1 Å². The fourth-order valence-corrected chi connectivity index (χ4v) is 3.38. The number of carbonyl (C=O) groups is 1. The average Bonchev–Trinajstić information content (AvgIpc) is 2.72. The highest BCUT2D eigenvalue weighted by molar-refractivity contribution is 8.14. The first kappa shape index (κ1) is 19.0. The average molecular weight is 378 g/mol. The van der Waals surface area contributed by atoms with Crippen LogP contribution in [-0.4, -0.2) is 29.9 Å². The first-order valence-corrected chi connectivity index (χ1v) is 9.84. The summed E-state index contributed by atoms with van der Waals surface area (Å²) < 4.78 is 5.61. The zero-order valence-electron chi connectivity index (χ0n) is 15.1. The molecule has 0 aliphatic carbocycles. The van der Waals surface area contributed by atoms with Gasteiger partial charge in [0.2, 0.25) is 0 Å². The molecule has 2 aromatic carbocycles. The molecule has 5 heteroatoms. The fraction of sp³-hybridized carbons (Fsp3) is 0.182. The third kappa shape index (κ3) is 5.59. The Bertz CT molecular complexity index is 857. The summed E-state index contributed by atoms with van der Waals surface area (Å²) in [6.45, 7) is 4.95. The number of ketones is 1. The number of thioether (sulfide) groups is 1. The van der Waals surface area contributed by atoms with Crippen molar-refractivity contribution in [2.24, 2.45) is 4.99 Å². The van der Waals surface area contributed by atoms with E-state index in [9.17, 15) is 4.79 Å². The molecule has 0 amide bonds. The van der Waals surface area contributed by atoms with Crippen molar-refractivity contribution in [1.29, 1.82) is 0 Å². The minimum Gasteiger partial charge on any atom is -0.489 e. The standard InChI is InChI=1S/C22H22N2O2S/c1-2-15-26-21-7-4-3-6-18(21)10-13-20(25)17-8-11-19(12-9-17)24-22-23-14-5-16-27-22/h2-4,6-13H,1,5,14-16H2,(H,23,24)/b13-10+. The second-order valence-electron chi connectivity index (χ2n) is 5.93.